The van der Waals surface area contributed by atoms with Gasteiger partial charge < -0.3 is 34.7 Å². The maximum absolute atomic E-state index is 14.6. The molecule has 1 aromatic heterocycles. The molecule has 2 aliphatic rings. The predicted molar refractivity (Wildman–Crippen MR) is 162 cm³/mol. The van der Waals surface area contributed by atoms with Gasteiger partial charge in [-0.15, -0.1) is 0 Å². The van der Waals surface area contributed by atoms with Gasteiger partial charge in [-0.3, -0.25) is 14.4 Å². The van der Waals surface area contributed by atoms with Crippen LogP contribution in [0, 0.1) is 18.6 Å². The maximum atomic E-state index is 14.6. The zero-order valence-corrected chi connectivity index (χ0v) is 25.1. The molecular weight excluding hydrogens is 600 g/mol. The normalized spacial score (nSPS) is 18.4. The van der Waals surface area contributed by atoms with Crippen molar-refractivity contribution >= 4 is 17.7 Å². The summed E-state index contributed by atoms with van der Waals surface area (Å²) in [5.74, 6) is -1.08. The van der Waals surface area contributed by atoms with Crippen LogP contribution < -0.4 is 24.8 Å². The number of rotatable bonds is 3. The molecule has 2 aliphatic heterocycles. The molecule has 0 unspecified atom stereocenters. The highest BCUT2D eigenvalue weighted by Crippen LogP contribution is 2.29. The third-order valence-corrected chi connectivity index (χ3v) is 7.84. The lowest BCUT2D eigenvalue weighted by molar-refractivity contribution is -0.125. The van der Waals surface area contributed by atoms with Crippen LogP contribution in [-0.2, 0) is 11.3 Å². The van der Waals surface area contributed by atoms with Crippen LogP contribution in [0.4, 0.5) is 8.78 Å². The number of hydrogen-bond acceptors (Lipinski definition) is 7. The molecule has 3 amide bonds. The van der Waals surface area contributed by atoms with E-state index in [0.717, 1.165) is 0 Å². The molecular formula is C33H31F2N5O6. The number of amides is 3. The van der Waals surface area contributed by atoms with Crippen LogP contribution in [-0.4, -0.2) is 71.5 Å². The summed E-state index contributed by atoms with van der Waals surface area (Å²) in [5.41, 5.74) is 2.09. The van der Waals surface area contributed by atoms with Crippen LogP contribution in [0.15, 0.2) is 60.7 Å². The molecule has 6 rings (SSSR count). The Bertz CT molecular complexity index is 1790. The van der Waals surface area contributed by atoms with Crippen LogP contribution >= 0.6 is 0 Å². The molecule has 4 aromatic rings. The summed E-state index contributed by atoms with van der Waals surface area (Å²) in [5, 5.41) is 5.66. The van der Waals surface area contributed by atoms with Crippen molar-refractivity contribution in [3.05, 3.63) is 94.8 Å². The van der Waals surface area contributed by atoms with Crippen molar-refractivity contribution < 1.29 is 37.4 Å². The number of imidazole rings is 1. The molecule has 1 saturated heterocycles. The first kappa shape index (κ1) is 30.6. The molecule has 238 valence electrons. The fraction of sp³-hybridized carbons (Fsp3) is 0.273. The van der Waals surface area contributed by atoms with E-state index in [-0.39, 0.29) is 54.1 Å². The molecule has 2 atom stereocenters. The summed E-state index contributed by atoms with van der Waals surface area (Å²) in [7, 11) is 1.44. The SMILES string of the molecule is COc1ccc2cc1OCC(=O)N[C@@H]1CN(C(=O)c3nc(-c4ccc(F)cc4)[nH]c3C)CC[C@@H]1Oc1cc(F)cc(c1)CNC2=O. The number of carbonyl (C=O) groups excluding carboxylic acids is 3. The second-order valence-corrected chi connectivity index (χ2v) is 11.1. The highest BCUT2D eigenvalue weighted by molar-refractivity contribution is 5.95. The largest absolute Gasteiger partial charge is 0.493 e. The van der Waals surface area contributed by atoms with Crippen molar-refractivity contribution in [2.75, 3.05) is 26.8 Å². The van der Waals surface area contributed by atoms with Crippen molar-refractivity contribution in [2.45, 2.75) is 32.0 Å². The molecule has 46 heavy (non-hydrogen) atoms. The Labute approximate surface area is 262 Å². The van der Waals surface area contributed by atoms with Gasteiger partial charge in [0.05, 0.1) is 13.2 Å². The third kappa shape index (κ3) is 6.63. The van der Waals surface area contributed by atoms with E-state index < -0.39 is 36.4 Å². The summed E-state index contributed by atoms with van der Waals surface area (Å²) in [6.45, 7) is 1.69. The van der Waals surface area contributed by atoms with E-state index in [0.29, 0.717) is 34.8 Å². The van der Waals surface area contributed by atoms with E-state index in [4.69, 9.17) is 14.2 Å². The van der Waals surface area contributed by atoms with E-state index >= 15 is 0 Å². The summed E-state index contributed by atoms with van der Waals surface area (Å²) < 4.78 is 45.4. The number of methoxy groups -OCH3 is 1. The third-order valence-electron chi connectivity index (χ3n) is 7.84. The molecule has 1 fully saturated rings. The molecule has 0 saturated carbocycles. The standard InChI is InChI=1S/C33H31F2N5O6/c1-18-30(39-31(37-18)20-3-6-22(34)7-4-20)33(43)40-10-9-26-25(16-40)38-29(41)17-45-28-13-21(5-8-27(28)44-2)32(42)36-15-19-11-23(35)14-24(12-19)46-26/h3-8,11-14,25-26H,9-10,15-17H2,1-2H3,(H,36,42)(H,37,39)(H,38,41)/t25-,26+/m1/s1. The Morgan fingerprint density at radius 2 is 1.80 bits per heavy atom. The van der Waals surface area contributed by atoms with Gasteiger partial charge in [0.15, 0.2) is 18.1 Å². The topological polar surface area (TPSA) is 135 Å². The Morgan fingerprint density at radius 3 is 2.59 bits per heavy atom. The van der Waals surface area contributed by atoms with Crippen molar-refractivity contribution in [3.8, 4) is 28.6 Å². The minimum atomic E-state index is -0.697. The molecule has 3 heterocycles. The van der Waals surface area contributed by atoms with Crippen molar-refractivity contribution in [1.29, 1.82) is 0 Å². The summed E-state index contributed by atoms with van der Waals surface area (Å²) in [6.07, 6.45) is -0.317. The minimum absolute atomic E-state index is 0.0329. The number of nitrogens with one attached hydrogen (secondary N) is 3. The minimum Gasteiger partial charge on any atom is -0.493 e. The number of piperidine rings is 1. The number of aromatic amines is 1. The molecule has 4 bridgehead atoms. The quantitative estimate of drug-likeness (QED) is 0.313. The number of aryl methyl sites for hydroxylation is 1. The first-order valence-electron chi connectivity index (χ1n) is 14.6. The lowest BCUT2D eigenvalue weighted by Crippen LogP contribution is -2.58. The number of carbonyl (C=O) groups is 3. The fourth-order valence-corrected chi connectivity index (χ4v) is 5.53. The highest BCUT2D eigenvalue weighted by Gasteiger charge is 2.36. The van der Waals surface area contributed by atoms with E-state index in [1.54, 1.807) is 42.2 Å². The second-order valence-electron chi connectivity index (χ2n) is 11.1. The van der Waals surface area contributed by atoms with Gasteiger partial charge in [-0.25, -0.2) is 13.8 Å². The highest BCUT2D eigenvalue weighted by atomic mass is 19.1. The molecule has 0 aliphatic carbocycles. The summed E-state index contributed by atoms with van der Waals surface area (Å²) >= 11 is 0. The van der Waals surface area contributed by atoms with E-state index in [2.05, 4.69) is 20.6 Å². The molecule has 3 N–H and O–H groups in total. The lowest BCUT2D eigenvalue weighted by Gasteiger charge is -2.38. The van der Waals surface area contributed by atoms with Gasteiger partial charge in [-0.2, -0.15) is 0 Å². The van der Waals surface area contributed by atoms with Gasteiger partial charge in [0, 0.05) is 48.9 Å². The average Bonchev–Trinajstić information content (AvgIpc) is 3.43. The number of nitrogens with zero attached hydrogens (tertiary/aromatic N) is 2. The summed E-state index contributed by atoms with van der Waals surface area (Å²) in [4.78, 5) is 48.9. The van der Waals surface area contributed by atoms with E-state index in [1.165, 1.54) is 37.4 Å². The van der Waals surface area contributed by atoms with Crippen LogP contribution in [0.3, 0.4) is 0 Å². The number of halogens is 2. The fourth-order valence-electron chi connectivity index (χ4n) is 5.53. The average molecular weight is 632 g/mol. The Kier molecular flexibility index (Phi) is 8.55. The maximum Gasteiger partial charge on any atom is 0.274 e. The smallest absolute Gasteiger partial charge is 0.274 e. The number of H-pyrrole nitrogens is 1. The number of hydrogen-bond donors (Lipinski definition) is 3. The predicted octanol–water partition coefficient (Wildman–Crippen LogP) is 3.77. The van der Waals surface area contributed by atoms with E-state index in [1.807, 2.05) is 0 Å². The zero-order chi connectivity index (χ0) is 32.4. The van der Waals surface area contributed by atoms with Crippen LogP contribution in [0.1, 0.15) is 38.5 Å². The Morgan fingerprint density at radius 1 is 1.02 bits per heavy atom. The van der Waals surface area contributed by atoms with Gasteiger partial charge in [0.1, 0.15) is 35.0 Å². The molecule has 3 aromatic carbocycles. The molecule has 11 nitrogen and oxygen atoms in total. The lowest BCUT2D eigenvalue weighted by atomic mass is 10.0. The molecule has 13 heteroatoms. The van der Waals surface area contributed by atoms with Crippen LogP contribution in [0.5, 0.6) is 17.2 Å². The van der Waals surface area contributed by atoms with Gasteiger partial charge in [-0.1, -0.05) is 0 Å². The van der Waals surface area contributed by atoms with Gasteiger partial charge in [-0.05, 0) is 67.1 Å². The van der Waals surface area contributed by atoms with Gasteiger partial charge >= 0.3 is 0 Å². The van der Waals surface area contributed by atoms with Gasteiger partial charge in [0.2, 0.25) is 0 Å². The number of benzene rings is 3. The van der Waals surface area contributed by atoms with Crippen LogP contribution in [0.2, 0.25) is 0 Å². The van der Waals surface area contributed by atoms with Crippen molar-refractivity contribution in [1.82, 2.24) is 25.5 Å². The summed E-state index contributed by atoms with van der Waals surface area (Å²) in [6, 6.07) is 13.8. The Balaban J connectivity index is 1.27. The van der Waals surface area contributed by atoms with Crippen molar-refractivity contribution in [2.24, 2.45) is 0 Å². The van der Waals surface area contributed by atoms with E-state index in [9.17, 15) is 23.2 Å². The van der Waals surface area contributed by atoms with Gasteiger partial charge in [0.25, 0.3) is 17.7 Å². The zero-order valence-electron chi connectivity index (χ0n) is 25.1. The number of ether oxygens (including phenoxy) is 3. The number of likely N-dealkylation sites (tertiary alicyclic amines) is 1. The van der Waals surface area contributed by atoms with Crippen molar-refractivity contribution in [3.63, 3.8) is 0 Å². The number of aromatic nitrogens is 2. The first-order chi connectivity index (χ1) is 22.2. The Hall–Kier alpha value is -5.46. The van der Waals surface area contributed by atoms with Crippen LogP contribution in [0.25, 0.3) is 11.4 Å². The first-order valence-corrected chi connectivity index (χ1v) is 14.6. The number of fused-ring (bicyclic) bond motifs is 5. The molecule has 0 spiro atoms. The second kappa shape index (κ2) is 12.9. The molecule has 0 radical (unpaired) electrons. The monoisotopic (exact) mass is 631 g/mol.